The van der Waals surface area contributed by atoms with Crippen molar-refractivity contribution >= 4 is 11.8 Å². The zero-order chi connectivity index (χ0) is 22.2. The zero-order valence-electron chi connectivity index (χ0n) is 18.0. The number of aryl methyl sites for hydroxylation is 1. The highest BCUT2D eigenvalue weighted by atomic mass is 19.4. The summed E-state index contributed by atoms with van der Waals surface area (Å²) in [7, 11) is 0. The van der Waals surface area contributed by atoms with Crippen molar-refractivity contribution in [2.75, 3.05) is 44.2 Å². The van der Waals surface area contributed by atoms with Crippen molar-refractivity contribution in [3.63, 3.8) is 0 Å². The summed E-state index contributed by atoms with van der Waals surface area (Å²) in [6, 6.07) is 6.51. The summed E-state index contributed by atoms with van der Waals surface area (Å²) in [6.45, 7) is 7.48. The summed E-state index contributed by atoms with van der Waals surface area (Å²) in [4.78, 5) is 18.0. The number of rotatable bonds is 4. The molecule has 0 saturated carbocycles. The molecule has 31 heavy (non-hydrogen) atoms. The maximum atomic E-state index is 12.6. The van der Waals surface area contributed by atoms with Gasteiger partial charge in [0, 0.05) is 51.5 Å². The zero-order valence-corrected chi connectivity index (χ0v) is 18.0. The highest BCUT2D eigenvalue weighted by molar-refractivity contribution is 5.68. The minimum absolute atomic E-state index is 0.328. The van der Waals surface area contributed by atoms with Crippen molar-refractivity contribution in [2.45, 2.75) is 57.7 Å². The maximum absolute atomic E-state index is 12.6. The van der Waals surface area contributed by atoms with Crippen molar-refractivity contribution in [1.29, 1.82) is 0 Å². The van der Waals surface area contributed by atoms with Crippen LogP contribution >= 0.6 is 0 Å². The second-order valence-electron chi connectivity index (χ2n) is 8.81. The number of alkyl halides is 3. The first-order valence-electron chi connectivity index (χ1n) is 10.9. The topological polar surface area (TPSA) is 45.2 Å². The van der Waals surface area contributed by atoms with Crippen LogP contribution in [0.2, 0.25) is 0 Å². The predicted octanol–water partition coefficient (Wildman–Crippen LogP) is 3.57. The molecule has 3 saturated heterocycles. The van der Waals surface area contributed by atoms with E-state index in [2.05, 4.69) is 39.7 Å². The van der Waals surface area contributed by atoms with E-state index in [1.807, 2.05) is 0 Å². The second kappa shape index (κ2) is 8.86. The number of hydrogen-bond acceptors (Lipinski definition) is 5. The maximum Gasteiger partial charge on any atom is 0.425 e. The molecule has 0 radical (unpaired) electrons. The van der Waals surface area contributed by atoms with Gasteiger partial charge in [0.25, 0.3) is 0 Å². The molecule has 1 aromatic carbocycles. The number of halogens is 3. The van der Waals surface area contributed by atoms with Crippen molar-refractivity contribution in [2.24, 2.45) is 0 Å². The molecule has 0 N–H and O–H groups in total. The molecule has 0 spiro atoms. The molecule has 1 aromatic rings. The molecular formula is C22H30F3N3O3. The van der Waals surface area contributed by atoms with Gasteiger partial charge in [0.15, 0.2) is 6.10 Å². The minimum atomic E-state index is -4.54. The molecule has 2 bridgehead atoms. The van der Waals surface area contributed by atoms with Gasteiger partial charge in [-0.3, -0.25) is 4.90 Å². The van der Waals surface area contributed by atoms with Crippen LogP contribution in [0, 0.1) is 6.92 Å². The quantitative estimate of drug-likeness (QED) is 0.715. The molecule has 3 unspecified atom stereocenters. The average molecular weight is 441 g/mol. The van der Waals surface area contributed by atoms with Gasteiger partial charge in [0.2, 0.25) is 0 Å². The number of piperazine rings is 1. The van der Waals surface area contributed by atoms with Crippen molar-refractivity contribution in [3.05, 3.63) is 29.3 Å². The largest absolute Gasteiger partial charge is 0.437 e. The SMILES string of the molecule is Cc1ccc(CN2CCN(C(=O)OC(C)C(F)(F)F)CC2)cc1N1CC2CCC(C1)O2. The molecule has 3 atom stereocenters. The first kappa shape index (κ1) is 22.2. The Kier molecular flexibility index (Phi) is 6.35. The normalized spacial score (nSPS) is 25.6. The number of carbonyl (C=O) groups excluding carboxylic acids is 1. The van der Waals surface area contributed by atoms with Crippen LogP contribution in [-0.2, 0) is 16.0 Å². The van der Waals surface area contributed by atoms with Gasteiger partial charge < -0.3 is 19.3 Å². The van der Waals surface area contributed by atoms with E-state index in [1.165, 1.54) is 21.7 Å². The Morgan fingerprint density at radius 1 is 1.16 bits per heavy atom. The average Bonchev–Trinajstić information content (AvgIpc) is 3.06. The van der Waals surface area contributed by atoms with E-state index in [0.29, 0.717) is 38.4 Å². The summed E-state index contributed by atoms with van der Waals surface area (Å²) in [5.41, 5.74) is 3.69. The van der Waals surface area contributed by atoms with Gasteiger partial charge in [-0.2, -0.15) is 13.2 Å². The lowest BCUT2D eigenvalue weighted by atomic mass is 10.1. The summed E-state index contributed by atoms with van der Waals surface area (Å²) in [6.07, 6.45) is -4.61. The number of carbonyl (C=O) groups is 1. The third-order valence-electron chi connectivity index (χ3n) is 6.43. The van der Waals surface area contributed by atoms with E-state index >= 15 is 0 Å². The van der Waals surface area contributed by atoms with Gasteiger partial charge in [0.05, 0.1) is 12.2 Å². The monoisotopic (exact) mass is 441 g/mol. The minimum Gasteiger partial charge on any atom is -0.437 e. The van der Waals surface area contributed by atoms with E-state index in [9.17, 15) is 18.0 Å². The first-order valence-corrected chi connectivity index (χ1v) is 10.9. The summed E-state index contributed by atoms with van der Waals surface area (Å²) >= 11 is 0. The van der Waals surface area contributed by atoms with E-state index in [4.69, 9.17) is 4.74 Å². The number of anilines is 1. The van der Waals surface area contributed by atoms with Crippen LogP contribution in [-0.4, -0.2) is 79.6 Å². The fourth-order valence-corrected chi connectivity index (χ4v) is 4.54. The standard InChI is InChI=1S/C22H30F3N3O3/c1-15-3-4-17(11-20(15)28-13-18-5-6-19(14-28)31-18)12-26-7-9-27(10-8-26)21(29)30-16(2)22(23,24)25/h3-4,11,16,18-19H,5-10,12-14H2,1-2H3. The Bertz CT molecular complexity index is 784. The molecule has 0 aliphatic carbocycles. The molecule has 9 heteroatoms. The van der Waals surface area contributed by atoms with Gasteiger partial charge in [-0.25, -0.2) is 4.79 Å². The van der Waals surface area contributed by atoms with Crippen molar-refractivity contribution < 1.29 is 27.4 Å². The number of fused-ring (bicyclic) bond motifs is 2. The molecule has 172 valence electrons. The van der Waals surface area contributed by atoms with Crippen molar-refractivity contribution in [3.8, 4) is 0 Å². The van der Waals surface area contributed by atoms with E-state index in [-0.39, 0.29) is 0 Å². The second-order valence-corrected chi connectivity index (χ2v) is 8.81. The van der Waals surface area contributed by atoms with Crippen LogP contribution in [0.3, 0.4) is 0 Å². The summed E-state index contributed by atoms with van der Waals surface area (Å²) < 4.78 is 48.3. The Balaban J connectivity index is 1.31. The van der Waals surface area contributed by atoms with Crippen LogP contribution in [0.25, 0.3) is 0 Å². The van der Waals surface area contributed by atoms with Gasteiger partial charge in [-0.15, -0.1) is 0 Å². The molecule has 4 rings (SSSR count). The lowest BCUT2D eigenvalue weighted by Gasteiger charge is -2.36. The first-order chi connectivity index (χ1) is 14.7. The Hall–Kier alpha value is -2.00. The van der Waals surface area contributed by atoms with Crippen LogP contribution in [0.5, 0.6) is 0 Å². The third kappa shape index (κ3) is 5.26. The predicted molar refractivity (Wildman–Crippen MR) is 110 cm³/mol. The molecular weight excluding hydrogens is 411 g/mol. The third-order valence-corrected chi connectivity index (χ3v) is 6.43. The molecule has 3 heterocycles. The van der Waals surface area contributed by atoms with E-state index in [1.54, 1.807) is 0 Å². The number of hydrogen-bond donors (Lipinski definition) is 0. The van der Waals surface area contributed by atoms with Gasteiger partial charge >= 0.3 is 12.3 Å². The molecule has 1 amide bonds. The van der Waals surface area contributed by atoms with Crippen LogP contribution in [0.4, 0.5) is 23.7 Å². The smallest absolute Gasteiger partial charge is 0.425 e. The van der Waals surface area contributed by atoms with Gasteiger partial charge in [-0.1, -0.05) is 12.1 Å². The van der Waals surface area contributed by atoms with E-state index < -0.39 is 18.4 Å². The number of amides is 1. The van der Waals surface area contributed by atoms with Crippen molar-refractivity contribution in [1.82, 2.24) is 9.80 Å². The van der Waals surface area contributed by atoms with Gasteiger partial charge in [-0.05, 0) is 43.9 Å². The Morgan fingerprint density at radius 2 is 1.81 bits per heavy atom. The van der Waals surface area contributed by atoms with Crippen LogP contribution in [0.1, 0.15) is 30.9 Å². The highest BCUT2D eigenvalue weighted by Gasteiger charge is 2.40. The number of nitrogens with zero attached hydrogens (tertiary/aromatic N) is 3. The molecule has 3 aliphatic rings. The molecule has 3 aliphatic heterocycles. The van der Waals surface area contributed by atoms with Crippen LogP contribution < -0.4 is 4.90 Å². The molecule has 6 nitrogen and oxygen atoms in total. The van der Waals surface area contributed by atoms with Crippen LogP contribution in [0.15, 0.2) is 18.2 Å². The highest BCUT2D eigenvalue weighted by Crippen LogP contribution is 2.32. The van der Waals surface area contributed by atoms with E-state index in [0.717, 1.165) is 39.4 Å². The molecule has 3 fully saturated rings. The number of benzene rings is 1. The lowest BCUT2D eigenvalue weighted by Crippen LogP contribution is -2.49. The Morgan fingerprint density at radius 3 is 2.42 bits per heavy atom. The summed E-state index contributed by atoms with van der Waals surface area (Å²) in [5, 5.41) is 0. The number of ether oxygens (including phenoxy) is 2. The number of morpholine rings is 1. The lowest BCUT2D eigenvalue weighted by molar-refractivity contribution is -0.200. The fraction of sp³-hybridized carbons (Fsp3) is 0.682. The summed E-state index contributed by atoms with van der Waals surface area (Å²) in [5.74, 6) is 0. The molecule has 0 aromatic heterocycles. The van der Waals surface area contributed by atoms with Gasteiger partial charge in [0.1, 0.15) is 0 Å². The fourth-order valence-electron chi connectivity index (χ4n) is 4.54. The Labute approximate surface area is 180 Å².